The Labute approximate surface area is 147 Å². The summed E-state index contributed by atoms with van der Waals surface area (Å²) in [5, 5.41) is 0. The molecule has 0 saturated heterocycles. The lowest BCUT2D eigenvalue weighted by molar-refractivity contribution is -0.136. The summed E-state index contributed by atoms with van der Waals surface area (Å²) in [6.07, 6.45) is 3.60. The summed E-state index contributed by atoms with van der Waals surface area (Å²) in [6, 6.07) is 19.7. The van der Waals surface area contributed by atoms with Gasteiger partial charge in [-0.2, -0.15) is 0 Å². The number of benzene rings is 2. The van der Waals surface area contributed by atoms with Crippen LogP contribution < -0.4 is 0 Å². The fourth-order valence-electron chi connectivity index (χ4n) is 3.13. The molecule has 0 radical (unpaired) electrons. The number of nitrogens with zero attached hydrogens (tertiary/aromatic N) is 3. The summed E-state index contributed by atoms with van der Waals surface area (Å²) in [5.74, 6) is 0.116. The maximum atomic E-state index is 13.1. The number of fused-ring (bicyclic) bond motifs is 1. The van der Waals surface area contributed by atoms with E-state index in [9.17, 15) is 4.79 Å². The molecule has 4 nitrogen and oxygen atoms in total. The Morgan fingerprint density at radius 1 is 1.00 bits per heavy atom. The highest BCUT2D eigenvalue weighted by Crippen LogP contribution is 2.29. The molecule has 1 aromatic heterocycles. The molecule has 4 rings (SSSR count). The lowest BCUT2D eigenvalue weighted by Crippen LogP contribution is -2.42. The lowest BCUT2D eigenvalue weighted by Gasteiger charge is -2.34. The molecular formula is C19H18ClN3O. The predicted octanol–water partition coefficient (Wildman–Crippen LogP) is 3.44. The van der Waals surface area contributed by atoms with Gasteiger partial charge in [0.2, 0.25) is 0 Å². The van der Waals surface area contributed by atoms with E-state index < -0.39 is 0 Å². The molecule has 1 unspecified atom stereocenters. The van der Waals surface area contributed by atoms with E-state index in [0.29, 0.717) is 13.1 Å². The van der Waals surface area contributed by atoms with E-state index >= 15 is 0 Å². The van der Waals surface area contributed by atoms with E-state index in [0.717, 1.165) is 16.8 Å². The van der Waals surface area contributed by atoms with Crippen LogP contribution in [0.4, 0.5) is 0 Å². The van der Waals surface area contributed by atoms with Gasteiger partial charge in [0.05, 0.1) is 18.6 Å². The van der Waals surface area contributed by atoms with Crippen molar-refractivity contribution < 1.29 is 4.79 Å². The number of amides is 1. The zero-order valence-electron chi connectivity index (χ0n) is 13.1. The van der Waals surface area contributed by atoms with Crippen molar-refractivity contribution in [2.75, 3.05) is 0 Å². The molecule has 3 aromatic rings. The van der Waals surface area contributed by atoms with E-state index in [1.807, 2.05) is 64.2 Å². The number of carbonyl (C=O) groups is 1. The number of hydrogen-bond acceptors (Lipinski definition) is 2. The molecule has 0 fully saturated rings. The van der Waals surface area contributed by atoms with E-state index in [-0.39, 0.29) is 24.4 Å². The normalized spacial score (nSPS) is 16.4. The first-order chi connectivity index (χ1) is 11.3. The first kappa shape index (κ1) is 16.3. The fourth-order valence-corrected chi connectivity index (χ4v) is 3.13. The van der Waals surface area contributed by atoms with Crippen molar-refractivity contribution in [1.29, 1.82) is 0 Å². The van der Waals surface area contributed by atoms with Gasteiger partial charge >= 0.3 is 0 Å². The molecule has 1 amide bonds. The molecule has 2 heterocycles. The minimum absolute atomic E-state index is 0. The highest BCUT2D eigenvalue weighted by molar-refractivity contribution is 5.85. The average molecular weight is 340 g/mol. The van der Waals surface area contributed by atoms with Crippen molar-refractivity contribution in [3.8, 4) is 0 Å². The van der Waals surface area contributed by atoms with Crippen LogP contribution >= 0.6 is 12.4 Å². The summed E-state index contributed by atoms with van der Waals surface area (Å²) < 4.78 is 1.99. The van der Waals surface area contributed by atoms with Crippen molar-refractivity contribution in [1.82, 2.24) is 14.5 Å². The van der Waals surface area contributed by atoms with Gasteiger partial charge in [-0.05, 0) is 11.1 Å². The molecular weight excluding hydrogens is 322 g/mol. The number of aromatic nitrogens is 2. The Morgan fingerprint density at radius 3 is 2.38 bits per heavy atom. The largest absolute Gasteiger partial charge is 0.330 e. The summed E-state index contributed by atoms with van der Waals surface area (Å²) >= 11 is 0. The highest BCUT2D eigenvalue weighted by atomic mass is 35.5. The van der Waals surface area contributed by atoms with Gasteiger partial charge < -0.3 is 9.47 Å². The number of carbonyl (C=O) groups excluding carboxylic acids is 1. The monoisotopic (exact) mass is 339 g/mol. The van der Waals surface area contributed by atoms with Crippen LogP contribution in [0.25, 0.3) is 0 Å². The highest BCUT2D eigenvalue weighted by Gasteiger charge is 2.33. The first-order valence-corrected chi connectivity index (χ1v) is 7.71. The van der Waals surface area contributed by atoms with E-state index in [1.165, 1.54) is 0 Å². The second kappa shape index (κ2) is 6.89. The Morgan fingerprint density at radius 2 is 1.67 bits per heavy atom. The standard InChI is InChI=1S/C19H17N3O.ClH/c23-19-18(16-9-5-2-6-10-16)22-14-20-11-17(22)13-21(19)12-15-7-3-1-4-8-15;/h1-11,14,18H,12-13H2;1H. The topological polar surface area (TPSA) is 38.1 Å². The molecule has 1 atom stereocenters. The minimum atomic E-state index is -0.328. The van der Waals surface area contributed by atoms with Crippen molar-refractivity contribution >= 4 is 18.3 Å². The second-order valence-corrected chi connectivity index (χ2v) is 5.79. The molecule has 1 aliphatic heterocycles. The van der Waals surface area contributed by atoms with Crippen LogP contribution in [-0.4, -0.2) is 20.4 Å². The van der Waals surface area contributed by atoms with Gasteiger partial charge in [0.25, 0.3) is 5.91 Å². The number of rotatable bonds is 3. The molecule has 24 heavy (non-hydrogen) atoms. The van der Waals surface area contributed by atoms with Crippen molar-refractivity contribution in [2.45, 2.75) is 19.1 Å². The van der Waals surface area contributed by atoms with Gasteiger partial charge in [0.1, 0.15) is 6.04 Å². The summed E-state index contributed by atoms with van der Waals surface area (Å²) in [5.41, 5.74) is 3.20. The molecule has 0 N–H and O–H groups in total. The van der Waals surface area contributed by atoms with E-state index in [4.69, 9.17) is 0 Å². The Bertz CT molecular complexity index is 817. The summed E-state index contributed by atoms with van der Waals surface area (Å²) in [7, 11) is 0. The quantitative estimate of drug-likeness (QED) is 0.733. The molecule has 0 bridgehead atoms. The molecule has 1 aliphatic rings. The predicted molar refractivity (Wildman–Crippen MR) is 94.8 cm³/mol. The molecule has 5 heteroatoms. The molecule has 0 spiro atoms. The van der Waals surface area contributed by atoms with Crippen LogP contribution in [0.5, 0.6) is 0 Å². The van der Waals surface area contributed by atoms with Crippen molar-refractivity contribution in [3.05, 3.63) is 90.0 Å². The van der Waals surface area contributed by atoms with Gasteiger partial charge in [0.15, 0.2) is 0 Å². The van der Waals surface area contributed by atoms with Gasteiger partial charge in [-0.15, -0.1) is 12.4 Å². The maximum Gasteiger partial charge on any atom is 0.250 e. The van der Waals surface area contributed by atoms with Crippen LogP contribution in [0.1, 0.15) is 22.9 Å². The summed E-state index contributed by atoms with van der Waals surface area (Å²) in [6.45, 7) is 1.21. The van der Waals surface area contributed by atoms with Crippen LogP contribution in [0, 0.1) is 0 Å². The van der Waals surface area contributed by atoms with Crippen LogP contribution in [0.15, 0.2) is 73.2 Å². The summed E-state index contributed by atoms with van der Waals surface area (Å²) in [4.78, 5) is 19.2. The molecule has 0 saturated carbocycles. The van der Waals surface area contributed by atoms with Crippen molar-refractivity contribution in [2.24, 2.45) is 0 Å². The van der Waals surface area contributed by atoms with Gasteiger partial charge in [0, 0.05) is 12.7 Å². The smallest absolute Gasteiger partial charge is 0.250 e. The number of hydrogen-bond donors (Lipinski definition) is 0. The third kappa shape index (κ3) is 2.93. The Hall–Kier alpha value is -2.59. The second-order valence-electron chi connectivity index (χ2n) is 5.79. The van der Waals surface area contributed by atoms with Gasteiger partial charge in [-0.1, -0.05) is 60.7 Å². The maximum absolute atomic E-state index is 13.1. The Kier molecular flexibility index (Phi) is 4.67. The van der Waals surface area contributed by atoms with E-state index in [2.05, 4.69) is 17.1 Å². The lowest BCUT2D eigenvalue weighted by atomic mass is 10.0. The SMILES string of the molecule is Cl.O=C1C(c2ccccc2)n2cncc2CN1Cc1ccccc1. The first-order valence-electron chi connectivity index (χ1n) is 7.71. The molecule has 0 aliphatic carbocycles. The number of imidazole rings is 1. The Balaban J connectivity index is 0.00000169. The fraction of sp³-hybridized carbons (Fsp3) is 0.158. The number of halogens is 1. The third-order valence-corrected chi connectivity index (χ3v) is 4.25. The van der Waals surface area contributed by atoms with Crippen LogP contribution in [0.3, 0.4) is 0 Å². The molecule has 122 valence electrons. The average Bonchev–Trinajstić information content (AvgIpc) is 3.05. The zero-order chi connectivity index (χ0) is 15.6. The van der Waals surface area contributed by atoms with E-state index in [1.54, 1.807) is 6.33 Å². The van der Waals surface area contributed by atoms with Crippen molar-refractivity contribution in [3.63, 3.8) is 0 Å². The van der Waals surface area contributed by atoms with Crippen LogP contribution in [-0.2, 0) is 17.9 Å². The van der Waals surface area contributed by atoms with Crippen LogP contribution in [0.2, 0.25) is 0 Å². The zero-order valence-corrected chi connectivity index (χ0v) is 13.9. The van der Waals surface area contributed by atoms with Gasteiger partial charge in [-0.3, -0.25) is 4.79 Å². The third-order valence-electron chi connectivity index (χ3n) is 4.25. The van der Waals surface area contributed by atoms with Gasteiger partial charge in [-0.25, -0.2) is 4.98 Å². The molecule has 2 aromatic carbocycles. The minimum Gasteiger partial charge on any atom is -0.330 e.